The molecule has 1 N–H and O–H groups in total. The second kappa shape index (κ2) is 8.89. The minimum atomic E-state index is -0.147. The molecular weight excluding hydrogens is 378 g/mol. The summed E-state index contributed by atoms with van der Waals surface area (Å²) in [6.07, 6.45) is 3.99. The molecule has 0 saturated heterocycles. The molecule has 0 saturated carbocycles. The summed E-state index contributed by atoms with van der Waals surface area (Å²) < 4.78 is 5.93. The Bertz CT molecular complexity index is 978. The molecule has 0 atom stereocenters. The lowest BCUT2D eigenvalue weighted by atomic mass is 10.2. The molecule has 0 radical (unpaired) electrons. The number of benzene rings is 2. The van der Waals surface area contributed by atoms with E-state index >= 15 is 0 Å². The Kier molecular flexibility index (Phi) is 6.32. The van der Waals surface area contributed by atoms with Crippen LogP contribution in [0.25, 0.3) is 6.08 Å². The predicted octanol–water partition coefficient (Wildman–Crippen LogP) is 6.57. The first kappa shape index (κ1) is 19.2. The number of amides is 1. The van der Waals surface area contributed by atoms with Crippen LogP contribution in [-0.2, 0) is 6.61 Å². The number of anilines is 1. The van der Waals surface area contributed by atoms with Crippen LogP contribution in [0.4, 0.5) is 5.69 Å². The highest BCUT2D eigenvalue weighted by atomic mass is 35.5. The third-order valence-electron chi connectivity index (χ3n) is 4.05. The van der Waals surface area contributed by atoms with Gasteiger partial charge in [-0.05, 0) is 49.1 Å². The average molecular weight is 398 g/mol. The van der Waals surface area contributed by atoms with Gasteiger partial charge >= 0.3 is 0 Å². The molecular formula is C22H20ClNO2S. The Morgan fingerprint density at radius 2 is 2.04 bits per heavy atom. The zero-order valence-corrected chi connectivity index (χ0v) is 16.7. The van der Waals surface area contributed by atoms with E-state index in [1.54, 1.807) is 6.07 Å². The molecule has 0 aliphatic carbocycles. The summed E-state index contributed by atoms with van der Waals surface area (Å²) in [6, 6.07) is 15.2. The molecule has 0 aliphatic rings. The first-order valence-electron chi connectivity index (χ1n) is 8.57. The summed E-state index contributed by atoms with van der Waals surface area (Å²) in [5.41, 5.74) is 3.57. The van der Waals surface area contributed by atoms with Crippen molar-refractivity contribution in [1.29, 1.82) is 0 Å². The maximum absolute atomic E-state index is 12.5. The second-order valence-electron chi connectivity index (χ2n) is 6.01. The zero-order valence-electron chi connectivity index (χ0n) is 15.2. The Morgan fingerprint density at radius 1 is 1.22 bits per heavy atom. The van der Waals surface area contributed by atoms with Gasteiger partial charge in [-0.25, -0.2) is 0 Å². The molecule has 5 heteroatoms. The van der Waals surface area contributed by atoms with Crippen LogP contribution in [0.3, 0.4) is 0 Å². The predicted molar refractivity (Wildman–Crippen MR) is 114 cm³/mol. The number of hydrogen-bond acceptors (Lipinski definition) is 3. The van der Waals surface area contributed by atoms with Crippen LogP contribution < -0.4 is 10.1 Å². The van der Waals surface area contributed by atoms with Crippen LogP contribution in [0.5, 0.6) is 5.75 Å². The van der Waals surface area contributed by atoms with Gasteiger partial charge in [-0.1, -0.05) is 48.0 Å². The summed E-state index contributed by atoms with van der Waals surface area (Å²) in [6.45, 7) is 4.27. The third-order valence-corrected chi connectivity index (χ3v) is 5.44. The summed E-state index contributed by atoms with van der Waals surface area (Å²) in [5.74, 6) is 0.674. The zero-order chi connectivity index (χ0) is 19.2. The first-order chi connectivity index (χ1) is 13.1. The average Bonchev–Trinajstić information content (AvgIpc) is 3.14. The Morgan fingerprint density at radius 3 is 2.85 bits per heavy atom. The fraction of sp³-hybridized carbons (Fsp3) is 0.136. The van der Waals surface area contributed by atoms with Gasteiger partial charge in [-0.15, -0.1) is 11.3 Å². The smallest absolute Gasteiger partial charge is 0.265 e. The minimum absolute atomic E-state index is 0.147. The number of thiophene rings is 1. The van der Waals surface area contributed by atoms with E-state index in [1.807, 2.05) is 73.8 Å². The summed E-state index contributed by atoms with van der Waals surface area (Å²) >= 11 is 7.51. The van der Waals surface area contributed by atoms with E-state index in [-0.39, 0.29) is 5.91 Å². The molecule has 2 aromatic carbocycles. The van der Waals surface area contributed by atoms with Crippen molar-refractivity contribution >= 4 is 40.6 Å². The van der Waals surface area contributed by atoms with Crippen LogP contribution in [0.2, 0.25) is 5.02 Å². The van der Waals surface area contributed by atoms with E-state index in [0.717, 1.165) is 28.1 Å². The Hall–Kier alpha value is -2.56. The number of ether oxygens (including phenoxy) is 1. The molecule has 3 nitrogen and oxygen atoms in total. The van der Waals surface area contributed by atoms with E-state index in [1.165, 1.54) is 11.3 Å². The topological polar surface area (TPSA) is 38.3 Å². The number of allylic oxidation sites excluding steroid dienone is 1. The largest absolute Gasteiger partial charge is 0.488 e. The van der Waals surface area contributed by atoms with Crippen LogP contribution >= 0.6 is 22.9 Å². The molecule has 1 heterocycles. The monoisotopic (exact) mass is 397 g/mol. The van der Waals surface area contributed by atoms with Gasteiger partial charge < -0.3 is 10.1 Å². The van der Waals surface area contributed by atoms with Gasteiger partial charge in [-0.2, -0.15) is 0 Å². The van der Waals surface area contributed by atoms with Crippen LogP contribution in [0.1, 0.15) is 33.3 Å². The van der Waals surface area contributed by atoms with E-state index < -0.39 is 0 Å². The molecule has 0 spiro atoms. The SMILES string of the molecule is C/C=C/c1ccccc1OCc1csc(C(=O)Nc2cccc(Cl)c2C)c1. The Balaban J connectivity index is 1.66. The third kappa shape index (κ3) is 4.79. The van der Waals surface area contributed by atoms with Crippen molar-refractivity contribution in [2.45, 2.75) is 20.5 Å². The fourth-order valence-electron chi connectivity index (χ4n) is 2.59. The van der Waals surface area contributed by atoms with Gasteiger partial charge in [0.05, 0.1) is 4.88 Å². The highest BCUT2D eigenvalue weighted by Gasteiger charge is 2.12. The molecule has 0 unspecified atom stereocenters. The quantitative estimate of drug-likeness (QED) is 0.510. The number of carbonyl (C=O) groups is 1. The van der Waals surface area contributed by atoms with Gasteiger partial charge in [0.15, 0.2) is 0 Å². The van der Waals surface area contributed by atoms with Gasteiger partial charge in [-0.3, -0.25) is 4.79 Å². The van der Waals surface area contributed by atoms with Crippen molar-refractivity contribution in [3.8, 4) is 5.75 Å². The number of rotatable bonds is 6. The molecule has 3 rings (SSSR count). The van der Waals surface area contributed by atoms with E-state index in [0.29, 0.717) is 16.5 Å². The summed E-state index contributed by atoms with van der Waals surface area (Å²) in [4.78, 5) is 13.1. The van der Waals surface area contributed by atoms with Crippen molar-refractivity contribution in [2.24, 2.45) is 0 Å². The normalized spacial score (nSPS) is 10.9. The van der Waals surface area contributed by atoms with Crippen molar-refractivity contribution in [3.05, 3.63) is 86.6 Å². The molecule has 0 fully saturated rings. The standard InChI is InChI=1S/C22H20ClNO2S/c1-3-7-17-8-4-5-11-20(17)26-13-16-12-21(27-14-16)22(25)24-19-10-6-9-18(23)15(19)2/h3-12,14H,13H2,1-2H3,(H,24,25)/b7-3+. The van der Waals surface area contributed by atoms with E-state index in [9.17, 15) is 4.79 Å². The van der Waals surface area contributed by atoms with Crippen LogP contribution in [-0.4, -0.2) is 5.91 Å². The second-order valence-corrected chi connectivity index (χ2v) is 7.33. The molecule has 138 valence electrons. The highest BCUT2D eigenvalue weighted by Crippen LogP contribution is 2.25. The van der Waals surface area contributed by atoms with E-state index in [4.69, 9.17) is 16.3 Å². The molecule has 1 amide bonds. The summed E-state index contributed by atoms with van der Waals surface area (Å²) in [7, 11) is 0. The maximum atomic E-state index is 12.5. The highest BCUT2D eigenvalue weighted by molar-refractivity contribution is 7.12. The number of para-hydroxylation sites is 1. The van der Waals surface area contributed by atoms with Crippen molar-refractivity contribution in [3.63, 3.8) is 0 Å². The van der Waals surface area contributed by atoms with Gasteiger partial charge in [0.2, 0.25) is 0 Å². The van der Waals surface area contributed by atoms with Gasteiger partial charge in [0, 0.05) is 21.8 Å². The molecule has 27 heavy (non-hydrogen) atoms. The lowest BCUT2D eigenvalue weighted by molar-refractivity contribution is 0.103. The van der Waals surface area contributed by atoms with Gasteiger partial charge in [0.25, 0.3) is 5.91 Å². The number of nitrogens with one attached hydrogen (secondary N) is 1. The first-order valence-corrected chi connectivity index (χ1v) is 9.82. The lowest BCUT2D eigenvalue weighted by Crippen LogP contribution is -2.11. The molecule has 0 aliphatic heterocycles. The van der Waals surface area contributed by atoms with Crippen molar-refractivity contribution in [2.75, 3.05) is 5.32 Å². The Labute approximate surface area is 168 Å². The molecule has 0 bridgehead atoms. The van der Waals surface area contributed by atoms with Crippen molar-refractivity contribution < 1.29 is 9.53 Å². The van der Waals surface area contributed by atoms with E-state index in [2.05, 4.69) is 5.32 Å². The number of carbonyl (C=O) groups excluding carboxylic acids is 1. The lowest BCUT2D eigenvalue weighted by Gasteiger charge is -2.08. The minimum Gasteiger partial charge on any atom is -0.488 e. The van der Waals surface area contributed by atoms with Crippen LogP contribution in [0, 0.1) is 6.92 Å². The summed E-state index contributed by atoms with van der Waals surface area (Å²) in [5, 5.41) is 5.49. The van der Waals surface area contributed by atoms with Crippen molar-refractivity contribution in [1.82, 2.24) is 0 Å². The molecule has 1 aromatic heterocycles. The van der Waals surface area contributed by atoms with Crippen LogP contribution in [0.15, 0.2) is 60.0 Å². The molecule has 3 aromatic rings. The maximum Gasteiger partial charge on any atom is 0.265 e. The number of halogens is 1. The number of hydrogen-bond donors (Lipinski definition) is 1. The fourth-order valence-corrected chi connectivity index (χ4v) is 3.55. The van der Waals surface area contributed by atoms with Gasteiger partial charge in [0.1, 0.15) is 12.4 Å².